The average Bonchev–Trinajstić information content (AvgIpc) is 3.56. The second kappa shape index (κ2) is 8.05. The normalized spacial score (nSPS) is 19.6. The van der Waals surface area contributed by atoms with E-state index in [0.717, 1.165) is 41.1 Å². The predicted octanol–water partition coefficient (Wildman–Crippen LogP) is 5.70. The van der Waals surface area contributed by atoms with Crippen molar-refractivity contribution < 1.29 is 14.7 Å². The van der Waals surface area contributed by atoms with Gasteiger partial charge < -0.3 is 10.0 Å². The molecule has 0 bridgehead atoms. The van der Waals surface area contributed by atoms with Crippen molar-refractivity contribution in [3.8, 4) is 10.6 Å². The fourth-order valence-electron chi connectivity index (χ4n) is 4.57. The maximum atomic E-state index is 13.7. The van der Waals surface area contributed by atoms with Crippen molar-refractivity contribution in [1.29, 1.82) is 0 Å². The Morgan fingerprint density at radius 3 is 2.55 bits per heavy atom. The standard InChI is InChI=1S/C24H22N2O3S2/c1-14-22(31-23(25-14)15-8-3-2-4-9-15)20(27)18-19(17-12-7-13-30-17)26(24(29)21(18)28)16-10-5-6-11-16/h2-4,7-9,12-13,16,19,28H,5-6,10-11H2,1H3. The highest BCUT2D eigenvalue weighted by Crippen LogP contribution is 2.45. The summed E-state index contributed by atoms with van der Waals surface area (Å²) < 4.78 is 0. The third-order valence-electron chi connectivity index (χ3n) is 6.04. The maximum Gasteiger partial charge on any atom is 0.290 e. The van der Waals surface area contributed by atoms with E-state index in [4.69, 9.17) is 0 Å². The molecule has 1 amide bonds. The topological polar surface area (TPSA) is 70.5 Å². The van der Waals surface area contributed by atoms with Crippen LogP contribution in [0, 0.1) is 6.92 Å². The first-order valence-electron chi connectivity index (χ1n) is 10.4. The van der Waals surface area contributed by atoms with E-state index in [9.17, 15) is 14.7 Å². The molecule has 0 spiro atoms. The van der Waals surface area contributed by atoms with Gasteiger partial charge in [-0.3, -0.25) is 9.59 Å². The highest BCUT2D eigenvalue weighted by Gasteiger charge is 2.48. The van der Waals surface area contributed by atoms with E-state index in [1.54, 1.807) is 11.8 Å². The number of carbonyl (C=O) groups is 2. The number of aryl methyl sites for hydroxylation is 1. The molecule has 1 fully saturated rings. The first-order valence-corrected chi connectivity index (χ1v) is 12.1. The van der Waals surface area contributed by atoms with Gasteiger partial charge in [-0.2, -0.15) is 0 Å². The highest BCUT2D eigenvalue weighted by molar-refractivity contribution is 7.17. The van der Waals surface area contributed by atoms with Crippen molar-refractivity contribution in [2.45, 2.75) is 44.7 Å². The number of hydrogen-bond donors (Lipinski definition) is 1. The zero-order valence-electron chi connectivity index (χ0n) is 17.1. The van der Waals surface area contributed by atoms with Crippen LogP contribution in [0.2, 0.25) is 0 Å². The number of ketones is 1. The van der Waals surface area contributed by atoms with Gasteiger partial charge in [0.2, 0.25) is 5.78 Å². The molecule has 0 radical (unpaired) electrons. The Bertz CT molecular complexity index is 1160. The van der Waals surface area contributed by atoms with Gasteiger partial charge in [0, 0.05) is 16.5 Å². The van der Waals surface area contributed by atoms with Crippen molar-refractivity contribution in [1.82, 2.24) is 9.88 Å². The molecule has 0 saturated heterocycles. The monoisotopic (exact) mass is 450 g/mol. The lowest BCUT2D eigenvalue weighted by Gasteiger charge is -2.31. The van der Waals surface area contributed by atoms with Crippen molar-refractivity contribution in [2.75, 3.05) is 0 Å². The number of carbonyl (C=O) groups excluding carboxylic acids is 2. The molecule has 1 atom stereocenters. The number of Topliss-reactive ketones (excluding diaryl/α,β-unsaturated/α-hetero) is 1. The average molecular weight is 451 g/mol. The summed E-state index contributed by atoms with van der Waals surface area (Å²) in [7, 11) is 0. The SMILES string of the molecule is Cc1nc(-c2ccccc2)sc1C(=O)C1=C(O)C(=O)N(C2CCCC2)C1c1cccs1. The van der Waals surface area contributed by atoms with E-state index in [1.807, 2.05) is 47.8 Å². The Labute approximate surface area is 188 Å². The fourth-order valence-corrected chi connectivity index (χ4v) is 6.43. The summed E-state index contributed by atoms with van der Waals surface area (Å²) in [5, 5.41) is 13.6. The van der Waals surface area contributed by atoms with Crippen LogP contribution in [-0.4, -0.2) is 32.7 Å². The van der Waals surface area contributed by atoms with Crippen LogP contribution < -0.4 is 0 Å². The highest BCUT2D eigenvalue weighted by atomic mass is 32.1. The summed E-state index contributed by atoms with van der Waals surface area (Å²) in [5.41, 5.74) is 1.74. The van der Waals surface area contributed by atoms with E-state index in [-0.39, 0.29) is 17.4 Å². The largest absolute Gasteiger partial charge is 0.503 e. The number of amides is 1. The zero-order valence-corrected chi connectivity index (χ0v) is 18.7. The number of aliphatic hydroxyl groups is 1. The van der Waals surface area contributed by atoms with Crippen LogP contribution in [0.15, 0.2) is 59.2 Å². The minimum absolute atomic E-state index is 0.0505. The molecule has 2 aliphatic rings. The van der Waals surface area contributed by atoms with Crippen LogP contribution in [-0.2, 0) is 4.79 Å². The molecule has 2 aromatic heterocycles. The van der Waals surface area contributed by atoms with E-state index in [1.165, 1.54) is 22.7 Å². The third-order valence-corrected chi connectivity index (χ3v) is 8.17. The zero-order chi connectivity index (χ0) is 21.5. The van der Waals surface area contributed by atoms with Crippen LogP contribution in [0.1, 0.15) is 52.0 Å². The molecule has 7 heteroatoms. The Balaban J connectivity index is 1.57. The molecule has 3 heterocycles. The van der Waals surface area contributed by atoms with Crippen LogP contribution in [0.5, 0.6) is 0 Å². The molecule has 1 aromatic carbocycles. The van der Waals surface area contributed by atoms with Gasteiger partial charge in [0.1, 0.15) is 5.01 Å². The van der Waals surface area contributed by atoms with Gasteiger partial charge in [-0.1, -0.05) is 49.2 Å². The van der Waals surface area contributed by atoms with Crippen molar-refractivity contribution in [3.63, 3.8) is 0 Å². The van der Waals surface area contributed by atoms with Crippen molar-refractivity contribution in [3.05, 3.63) is 74.6 Å². The first kappa shape index (κ1) is 20.2. The second-order valence-corrected chi connectivity index (χ2v) is 9.94. The summed E-state index contributed by atoms with van der Waals surface area (Å²) in [6.45, 7) is 1.81. The van der Waals surface area contributed by atoms with E-state index < -0.39 is 17.7 Å². The quantitative estimate of drug-likeness (QED) is 0.506. The number of rotatable bonds is 5. The molecule has 1 N–H and O–H groups in total. The Kier molecular flexibility index (Phi) is 5.24. The van der Waals surface area contributed by atoms with Gasteiger partial charge in [-0.05, 0) is 31.2 Å². The summed E-state index contributed by atoms with van der Waals surface area (Å²) in [6.07, 6.45) is 3.92. The van der Waals surface area contributed by atoms with E-state index in [0.29, 0.717) is 10.6 Å². The summed E-state index contributed by atoms with van der Waals surface area (Å²) >= 11 is 2.82. The third kappa shape index (κ3) is 3.42. The molecule has 31 heavy (non-hydrogen) atoms. The molecule has 1 unspecified atom stereocenters. The number of aromatic nitrogens is 1. The first-order chi connectivity index (χ1) is 15.1. The number of thiazole rings is 1. The van der Waals surface area contributed by atoms with Gasteiger partial charge in [-0.25, -0.2) is 4.98 Å². The molecular weight excluding hydrogens is 428 g/mol. The number of thiophene rings is 1. The Morgan fingerprint density at radius 2 is 1.87 bits per heavy atom. The van der Waals surface area contributed by atoms with Crippen LogP contribution >= 0.6 is 22.7 Å². The van der Waals surface area contributed by atoms with Gasteiger partial charge in [-0.15, -0.1) is 22.7 Å². The lowest BCUT2D eigenvalue weighted by molar-refractivity contribution is -0.131. The smallest absolute Gasteiger partial charge is 0.290 e. The number of benzene rings is 1. The van der Waals surface area contributed by atoms with Crippen LogP contribution in [0.25, 0.3) is 10.6 Å². The summed E-state index contributed by atoms with van der Waals surface area (Å²) in [4.78, 5) is 34.5. The molecule has 5 nitrogen and oxygen atoms in total. The minimum Gasteiger partial charge on any atom is -0.503 e. The summed E-state index contributed by atoms with van der Waals surface area (Å²) in [5.74, 6) is -1.15. The molecule has 1 saturated carbocycles. The van der Waals surface area contributed by atoms with Gasteiger partial charge in [0.05, 0.1) is 22.2 Å². The fraction of sp³-hybridized carbons (Fsp3) is 0.292. The molecular formula is C24H22N2O3S2. The van der Waals surface area contributed by atoms with Crippen LogP contribution in [0.3, 0.4) is 0 Å². The van der Waals surface area contributed by atoms with Crippen molar-refractivity contribution in [2.24, 2.45) is 0 Å². The molecule has 5 rings (SSSR count). The molecule has 3 aromatic rings. The van der Waals surface area contributed by atoms with Gasteiger partial charge >= 0.3 is 0 Å². The number of aliphatic hydroxyl groups excluding tert-OH is 1. The molecule has 1 aliphatic carbocycles. The van der Waals surface area contributed by atoms with Gasteiger partial charge in [0.15, 0.2) is 5.76 Å². The number of hydrogen-bond acceptors (Lipinski definition) is 6. The maximum absolute atomic E-state index is 13.7. The summed E-state index contributed by atoms with van der Waals surface area (Å²) in [6, 6.07) is 13.1. The van der Waals surface area contributed by atoms with E-state index in [2.05, 4.69) is 4.98 Å². The second-order valence-electron chi connectivity index (χ2n) is 7.96. The Hall–Kier alpha value is -2.77. The minimum atomic E-state index is -0.537. The molecule has 1 aliphatic heterocycles. The number of nitrogens with zero attached hydrogens (tertiary/aromatic N) is 2. The lowest BCUT2D eigenvalue weighted by Crippen LogP contribution is -2.38. The van der Waals surface area contributed by atoms with Crippen LogP contribution in [0.4, 0.5) is 0 Å². The lowest BCUT2D eigenvalue weighted by atomic mass is 9.99. The Morgan fingerprint density at radius 1 is 1.13 bits per heavy atom. The van der Waals surface area contributed by atoms with Crippen molar-refractivity contribution >= 4 is 34.4 Å². The predicted molar refractivity (Wildman–Crippen MR) is 122 cm³/mol. The molecule has 158 valence electrons. The van der Waals surface area contributed by atoms with E-state index >= 15 is 0 Å². The van der Waals surface area contributed by atoms with Gasteiger partial charge in [0.25, 0.3) is 5.91 Å².